The lowest BCUT2D eigenvalue weighted by atomic mass is 10.1. The van der Waals surface area contributed by atoms with Crippen molar-refractivity contribution in [3.8, 4) is 17.1 Å². The molecule has 2 heterocycles. The van der Waals surface area contributed by atoms with Crippen LogP contribution in [0.5, 0.6) is 5.75 Å². The number of hydrogen-bond donors (Lipinski definition) is 1. The number of imidazole rings is 1. The molecule has 0 aliphatic rings. The van der Waals surface area contributed by atoms with E-state index in [9.17, 15) is 0 Å². The molecule has 1 N–H and O–H groups in total. The Hall–Kier alpha value is -3.87. The first-order valence-electron chi connectivity index (χ1n) is 10.2. The van der Waals surface area contributed by atoms with Gasteiger partial charge in [-0.05, 0) is 55.0 Å². The number of H-pyrrole nitrogens is 1. The van der Waals surface area contributed by atoms with Crippen LogP contribution in [-0.4, -0.2) is 33.2 Å². The second-order valence-corrected chi connectivity index (χ2v) is 7.81. The van der Waals surface area contributed by atoms with Gasteiger partial charge >= 0.3 is 0 Å². The number of nitrogens with one attached hydrogen (secondary N) is 1. The van der Waals surface area contributed by atoms with Crippen LogP contribution >= 0.6 is 0 Å². The van der Waals surface area contributed by atoms with Gasteiger partial charge in [0.15, 0.2) is 6.61 Å². The third-order valence-electron chi connectivity index (χ3n) is 5.39. The Morgan fingerprint density at radius 3 is 2.68 bits per heavy atom. The SMILES string of the molecule is CC(C)N(C)c1nc2ccc(-c3noc(COc4ccc5ccccc5c4)n3)cc2[nH]1. The molecule has 0 radical (unpaired) electrons. The normalized spacial score (nSPS) is 11.5. The fourth-order valence-corrected chi connectivity index (χ4v) is 3.38. The number of benzene rings is 3. The molecule has 0 fully saturated rings. The first-order valence-corrected chi connectivity index (χ1v) is 10.2. The molecule has 7 nitrogen and oxygen atoms in total. The second-order valence-electron chi connectivity index (χ2n) is 7.81. The van der Waals surface area contributed by atoms with Crippen molar-refractivity contribution in [3.63, 3.8) is 0 Å². The van der Waals surface area contributed by atoms with E-state index in [1.807, 2.05) is 55.6 Å². The van der Waals surface area contributed by atoms with Crippen LogP contribution in [0.4, 0.5) is 5.95 Å². The summed E-state index contributed by atoms with van der Waals surface area (Å²) in [5, 5.41) is 6.41. The molecule has 0 bridgehead atoms. The van der Waals surface area contributed by atoms with Crippen LogP contribution in [0.25, 0.3) is 33.2 Å². The average Bonchev–Trinajstić information content (AvgIpc) is 3.43. The predicted molar refractivity (Wildman–Crippen MR) is 121 cm³/mol. The highest BCUT2D eigenvalue weighted by atomic mass is 16.5. The molecule has 0 saturated heterocycles. The summed E-state index contributed by atoms with van der Waals surface area (Å²) in [6.45, 7) is 4.46. The number of anilines is 1. The zero-order valence-electron chi connectivity index (χ0n) is 17.7. The monoisotopic (exact) mass is 413 g/mol. The maximum Gasteiger partial charge on any atom is 0.264 e. The molecule has 0 spiro atoms. The van der Waals surface area contributed by atoms with Crippen molar-refractivity contribution in [2.75, 3.05) is 11.9 Å². The molecule has 0 unspecified atom stereocenters. The Bertz CT molecular complexity index is 1350. The lowest BCUT2D eigenvalue weighted by Gasteiger charge is -2.19. The molecule has 0 aliphatic carbocycles. The average molecular weight is 413 g/mol. The summed E-state index contributed by atoms with van der Waals surface area (Å²) in [5.74, 6) is 2.54. The fourth-order valence-electron chi connectivity index (χ4n) is 3.38. The molecular weight excluding hydrogens is 390 g/mol. The Kier molecular flexibility index (Phi) is 4.78. The highest BCUT2D eigenvalue weighted by Gasteiger charge is 2.14. The molecule has 0 saturated carbocycles. The number of fused-ring (bicyclic) bond motifs is 2. The predicted octanol–water partition coefficient (Wildman–Crippen LogP) is 5.19. The Balaban J connectivity index is 1.32. The molecule has 3 aromatic carbocycles. The quantitative estimate of drug-likeness (QED) is 0.413. The topological polar surface area (TPSA) is 80.1 Å². The largest absolute Gasteiger partial charge is 0.484 e. The maximum absolute atomic E-state index is 5.85. The van der Waals surface area contributed by atoms with Gasteiger partial charge in [-0.25, -0.2) is 4.98 Å². The number of hydrogen-bond acceptors (Lipinski definition) is 6. The van der Waals surface area contributed by atoms with Gasteiger partial charge in [-0.3, -0.25) is 0 Å². The molecule has 0 atom stereocenters. The van der Waals surface area contributed by atoms with Gasteiger partial charge in [0.2, 0.25) is 11.8 Å². The summed E-state index contributed by atoms with van der Waals surface area (Å²) in [5.41, 5.74) is 2.68. The number of nitrogens with zero attached hydrogens (tertiary/aromatic N) is 4. The summed E-state index contributed by atoms with van der Waals surface area (Å²) in [6.07, 6.45) is 0. The number of aromatic nitrogens is 4. The van der Waals surface area contributed by atoms with Crippen molar-refractivity contribution in [2.24, 2.45) is 0 Å². The van der Waals surface area contributed by atoms with E-state index in [0.29, 0.717) is 17.8 Å². The van der Waals surface area contributed by atoms with E-state index < -0.39 is 0 Å². The third-order valence-corrected chi connectivity index (χ3v) is 5.39. The van der Waals surface area contributed by atoms with Crippen LogP contribution in [0.3, 0.4) is 0 Å². The first kappa shape index (κ1) is 19.1. The molecule has 5 aromatic rings. The lowest BCUT2D eigenvalue weighted by molar-refractivity contribution is 0.243. The Labute approximate surface area is 179 Å². The molecule has 7 heteroatoms. The summed E-state index contributed by atoms with van der Waals surface area (Å²) >= 11 is 0. The van der Waals surface area contributed by atoms with Crippen molar-refractivity contribution >= 4 is 27.8 Å². The number of ether oxygens (including phenoxy) is 1. The minimum Gasteiger partial charge on any atom is -0.484 e. The minimum absolute atomic E-state index is 0.209. The van der Waals surface area contributed by atoms with E-state index in [1.54, 1.807) is 0 Å². The van der Waals surface area contributed by atoms with Crippen LogP contribution in [-0.2, 0) is 6.61 Å². The number of aromatic amines is 1. The van der Waals surface area contributed by atoms with E-state index in [1.165, 1.54) is 5.39 Å². The standard InChI is InChI=1S/C24H23N5O2/c1-15(2)29(3)24-25-20-11-9-18(13-21(20)26-24)23-27-22(31-28-23)14-30-19-10-8-16-6-4-5-7-17(16)12-19/h4-13,15H,14H2,1-3H3,(H,25,26). The van der Waals surface area contributed by atoms with Crippen LogP contribution < -0.4 is 9.64 Å². The van der Waals surface area contributed by atoms with Crippen molar-refractivity contribution in [1.29, 1.82) is 0 Å². The lowest BCUT2D eigenvalue weighted by Crippen LogP contribution is -2.26. The zero-order chi connectivity index (χ0) is 21.4. The van der Waals surface area contributed by atoms with Crippen LogP contribution in [0.15, 0.2) is 65.2 Å². The van der Waals surface area contributed by atoms with Gasteiger partial charge in [0.25, 0.3) is 5.89 Å². The molecule has 2 aromatic heterocycles. The van der Waals surface area contributed by atoms with Gasteiger partial charge in [0.1, 0.15) is 5.75 Å². The van der Waals surface area contributed by atoms with Crippen molar-refractivity contribution in [1.82, 2.24) is 20.1 Å². The fraction of sp³-hybridized carbons (Fsp3) is 0.208. The van der Waals surface area contributed by atoms with E-state index in [0.717, 1.165) is 33.7 Å². The van der Waals surface area contributed by atoms with Crippen molar-refractivity contribution < 1.29 is 9.26 Å². The van der Waals surface area contributed by atoms with Gasteiger partial charge < -0.3 is 19.1 Å². The molecule has 156 valence electrons. The highest BCUT2D eigenvalue weighted by molar-refractivity contribution is 5.84. The van der Waals surface area contributed by atoms with Gasteiger partial charge in [0, 0.05) is 18.7 Å². The van der Waals surface area contributed by atoms with E-state index >= 15 is 0 Å². The van der Waals surface area contributed by atoms with E-state index in [4.69, 9.17) is 9.26 Å². The molecule has 0 aliphatic heterocycles. The van der Waals surface area contributed by atoms with Gasteiger partial charge in [-0.1, -0.05) is 35.5 Å². The van der Waals surface area contributed by atoms with Crippen LogP contribution in [0, 0.1) is 0 Å². The zero-order valence-corrected chi connectivity index (χ0v) is 17.7. The third kappa shape index (κ3) is 3.82. The van der Waals surface area contributed by atoms with Crippen LogP contribution in [0.1, 0.15) is 19.7 Å². The Morgan fingerprint density at radius 2 is 1.84 bits per heavy atom. The van der Waals surface area contributed by atoms with Crippen molar-refractivity contribution in [2.45, 2.75) is 26.5 Å². The maximum atomic E-state index is 5.85. The summed E-state index contributed by atoms with van der Waals surface area (Å²) in [6, 6.07) is 20.4. The first-order chi connectivity index (χ1) is 15.1. The molecule has 31 heavy (non-hydrogen) atoms. The summed E-state index contributed by atoms with van der Waals surface area (Å²) < 4.78 is 11.2. The van der Waals surface area contributed by atoms with Gasteiger partial charge in [-0.15, -0.1) is 0 Å². The van der Waals surface area contributed by atoms with E-state index in [2.05, 4.69) is 51.0 Å². The second kappa shape index (κ2) is 7.75. The number of rotatable bonds is 6. The summed E-state index contributed by atoms with van der Waals surface area (Å²) in [7, 11) is 2.02. The summed E-state index contributed by atoms with van der Waals surface area (Å²) in [4.78, 5) is 14.6. The van der Waals surface area contributed by atoms with Crippen LogP contribution in [0.2, 0.25) is 0 Å². The minimum atomic E-state index is 0.209. The van der Waals surface area contributed by atoms with Gasteiger partial charge in [0.05, 0.1) is 11.0 Å². The molecule has 0 amide bonds. The highest BCUT2D eigenvalue weighted by Crippen LogP contribution is 2.25. The smallest absolute Gasteiger partial charge is 0.264 e. The van der Waals surface area contributed by atoms with Gasteiger partial charge in [-0.2, -0.15) is 4.98 Å². The Morgan fingerprint density at radius 1 is 1.00 bits per heavy atom. The molecule has 5 rings (SSSR count). The van der Waals surface area contributed by atoms with Crippen molar-refractivity contribution in [3.05, 3.63) is 66.6 Å². The molecular formula is C24H23N5O2. The van der Waals surface area contributed by atoms with E-state index in [-0.39, 0.29) is 6.61 Å².